The van der Waals surface area contributed by atoms with Gasteiger partial charge < -0.3 is 10.5 Å². The summed E-state index contributed by atoms with van der Waals surface area (Å²) in [6.45, 7) is 2.88. The van der Waals surface area contributed by atoms with E-state index in [0.717, 1.165) is 12.5 Å². The minimum atomic E-state index is 0.343. The van der Waals surface area contributed by atoms with Crippen molar-refractivity contribution in [2.45, 2.75) is 64.1 Å². The maximum atomic E-state index is 5.89. The Morgan fingerprint density at radius 1 is 1.19 bits per heavy atom. The molecule has 1 saturated heterocycles. The third-order valence-electron chi connectivity index (χ3n) is 4.03. The van der Waals surface area contributed by atoms with Gasteiger partial charge in [0.1, 0.15) is 0 Å². The highest BCUT2D eigenvalue weighted by atomic mass is 16.5. The maximum Gasteiger partial charge on any atom is 0.0763 e. The first-order valence-electron chi connectivity index (χ1n) is 6.85. The van der Waals surface area contributed by atoms with Crippen LogP contribution in [0.1, 0.15) is 51.9 Å². The molecule has 1 heterocycles. The highest BCUT2D eigenvalue weighted by Crippen LogP contribution is 2.31. The molecule has 0 bridgehead atoms. The first-order chi connectivity index (χ1) is 7.79. The molecule has 0 amide bonds. The Hall–Kier alpha value is -0.340. The molecule has 2 heteroatoms. The van der Waals surface area contributed by atoms with Gasteiger partial charge in [0.2, 0.25) is 0 Å². The third-order valence-corrected chi connectivity index (χ3v) is 4.03. The fraction of sp³-hybridized carbons (Fsp3) is 0.857. The van der Waals surface area contributed by atoms with E-state index in [1.807, 2.05) is 0 Å². The molecule has 2 aliphatic rings. The average Bonchev–Trinajstić information content (AvgIpc) is 2.73. The fourth-order valence-electron chi connectivity index (χ4n) is 3.04. The lowest BCUT2D eigenvalue weighted by Gasteiger charge is -2.24. The van der Waals surface area contributed by atoms with Crippen LogP contribution in [-0.2, 0) is 4.74 Å². The number of ether oxygens (including phenoxy) is 1. The molecular weight excluding hydrogens is 198 g/mol. The van der Waals surface area contributed by atoms with E-state index in [9.17, 15) is 0 Å². The van der Waals surface area contributed by atoms with E-state index in [4.69, 9.17) is 10.5 Å². The Kier molecular flexibility index (Phi) is 4.42. The molecule has 2 unspecified atom stereocenters. The zero-order chi connectivity index (χ0) is 11.4. The molecule has 2 atom stereocenters. The molecule has 2 rings (SSSR count). The van der Waals surface area contributed by atoms with E-state index in [2.05, 4.69) is 13.0 Å². The van der Waals surface area contributed by atoms with Crippen LogP contribution < -0.4 is 5.73 Å². The Morgan fingerprint density at radius 3 is 2.50 bits per heavy atom. The Labute approximate surface area is 99.2 Å². The lowest BCUT2D eigenvalue weighted by molar-refractivity contribution is 0.0824. The molecular formula is C14H25NO. The van der Waals surface area contributed by atoms with E-state index in [0.29, 0.717) is 12.2 Å². The van der Waals surface area contributed by atoms with Gasteiger partial charge in [-0.3, -0.25) is 0 Å². The minimum absolute atomic E-state index is 0.343. The number of nitrogens with two attached hydrogens (primary N) is 1. The third kappa shape index (κ3) is 3.08. The quantitative estimate of drug-likeness (QED) is 0.746. The van der Waals surface area contributed by atoms with Gasteiger partial charge in [0, 0.05) is 6.54 Å². The first kappa shape index (κ1) is 12.1. The molecule has 1 aliphatic heterocycles. The van der Waals surface area contributed by atoms with Crippen molar-refractivity contribution in [1.82, 2.24) is 0 Å². The summed E-state index contributed by atoms with van der Waals surface area (Å²) in [7, 11) is 0. The predicted octanol–water partition coefficient (Wildman–Crippen LogP) is 3.02. The van der Waals surface area contributed by atoms with Crippen molar-refractivity contribution in [2.75, 3.05) is 6.54 Å². The van der Waals surface area contributed by atoms with Crippen LogP contribution in [0.4, 0.5) is 0 Å². The summed E-state index contributed by atoms with van der Waals surface area (Å²) in [5.41, 5.74) is 7.35. The number of hydrogen-bond acceptors (Lipinski definition) is 2. The first-order valence-corrected chi connectivity index (χ1v) is 6.85. The molecule has 0 aromatic rings. The highest BCUT2D eigenvalue weighted by molar-refractivity contribution is 5.12. The fourth-order valence-corrected chi connectivity index (χ4v) is 3.04. The van der Waals surface area contributed by atoms with Crippen LogP contribution in [0.5, 0.6) is 0 Å². The average molecular weight is 223 g/mol. The predicted molar refractivity (Wildman–Crippen MR) is 67.3 cm³/mol. The summed E-state index contributed by atoms with van der Waals surface area (Å²) in [4.78, 5) is 0. The SMILES string of the molecule is CC1CCC(/C=C(/CN)C2CCCCC2)O1. The van der Waals surface area contributed by atoms with Gasteiger partial charge in [-0.2, -0.15) is 0 Å². The van der Waals surface area contributed by atoms with Gasteiger partial charge >= 0.3 is 0 Å². The van der Waals surface area contributed by atoms with Crippen molar-refractivity contribution >= 4 is 0 Å². The second kappa shape index (κ2) is 5.83. The molecule has 1 aliphatic carbocycles. The smallest absolute Gasteiger partial charge is 0.0763 e. The van der Waals surface area contributed by atoms with Gasteiger partial charge in [-0.15, -0.1) is 0 Å². The molecule has 16 heavy (non-hydrogen) atoms. The molecule has 92 valence electrons. The molecule has 0 aromatic carbocycles. The molecule has 2 fully saturated rings. The van der Waals surface area contributed by atoms with E-state index in [1.165, 1.54) is 50.5 Å². The minimum Gasteiger partial charge on any atom is -0.371 e. The molecule has 1 saturated carbocycles. The van der Waals surface area contributed by atoms with Crippen LogP contribution >= 0.6 is 0 Å². The van der Waals surface area contributed by atoms with Crippen LogP contribution in [0.25, 0.3) is 0 Å². The molecule has 2 nitrogen and oxygen atoms in total. The van der Waals surface area contributed by atoms with E-state index in [1.54, 1.807) is 0 Å². The number of hydrogen-bond donors (Lipinski definition) is 1. The van der Waals surface area contributed by atoms with Crippen molar-refractivity contribution in [3.05, 3.63) is 11.6 Å². The van der Waals surface area contributed by atoms with Gasteiger partial charge in [0.25, 0.3) is 0 Å². The highest BCUT2D eigenvalue weighted by Gasteiger charge is 2.23. The van der Waals surface area contributed by atoms with Gasteiger partial charge in [-0.05, 0) is 38.5 Å². The lowest BCUT2D eigenvalue weighted by Crippen LogP contribution is -2.18. The summed E-state index contributed by atoms with van der Waals surface area (Å²) < 4.78 is 5.85. The van der Waals surface area contributed by atoms with Gasteiger partial charge in [0.05, 0.1) is 12.2 Å². The van der Waals surface area contributed by atoms with Crippen LogP contribution in [0, 0.1) is 5.92 Å². The van der Waals surface area contributed by atoms with Crippen LogP contribution in [0.3, 0.4) is 0 Å². The van der Waals surface area contributed by atoms with Crippen molar-refractivity contribution < 1.29 is 4.74 Å². The van der Waals surface area contributed by atoms with E-state index >= 15 is 0 Å². The van der Waals surface area contributed by atoms with Crippen LogP contribution in [-0.4, -0.2) is 18.8 Å². The topological polar surface area (TPSA) is 35.2 Å². The summed E-state index contributed by atoms with van der Waals surface area (Å²) in [5, 5.41) is 0. The largest absolute Gasteiger partial charge is 0.371 e. The summed E-state index contributed by atoms with van der Waals surface area (Å²) >= 11 is 0. The maximum absolute atomic E-state index is 5.89. The summed E-state index contributed by atoms with van der Waals surface area (Å²) in [5.74, 6) is 0.748. The Balaban J connectivity index is 1.94. The van der Waals surface area contributed by atoms with Gasteiger partial charge in [-0.25, -0.2) is 0 Å². The van der Waals surface area contributed by atoms with Crippen molar-refractivity contribution in [1.29, 1.82) is 0 Å². The normalized spacial score (nSPS) is 33.2. The molecule has 2 N–H and O–H groups in total. The standard InChI is InChI=1S/C14H25NO/c1-11-7-8-14(16-11)9-13(10-15)12-5-3-2-4-6-12/h9,11-12,14H,2-8,10,15H2,1H3/b13-9-. The van der Waals surface area contributed by atoms with E-state index in [-0.39, 0.29) is 0 Å². The second-order valence-corrected chi connectivity index (χ2v) is 5.34. The number of rotatable bonds is 3. The zero-order valence-electron chi connectivity index (χ0n) is 10.5. The monoisotopic (exact) mass is 223 g/mol. The Morgan fingerprint density at radius 2 is 1.94 bits per heavy atom. The zero-order valence-corrected chi connectivity index (χ0v) is 10.5. The van der Waals surface area contributed by atoms with Gasteiger partial charge in [-0.1, -0.05) is 30.9 Å². The summed E-state index contributed by atoms with van der Waals surface area (Å²) in [6.07, 6.45) is 12.3. The molecule has 0 spiro atoms. The molecule has 0 aromatic heterocycles. The van der Waals surface area contributed by atoms with E-state index < -0.39 is 0 Å². The summed E-state index contributed by atoms with van der Waals surface area (Å²) in [6, 6.07) is 0. The Bertz CT molecular complexity index is 243. The van der Waals surface area contributed by atoms with Crippen LogP contribution in [0.15, 0.2) is 11.6 Å². The second-order valence-electron chi connectivity index (χ2n) is 5.34. The molecule has 0 radical (unpaired) electrons. The lowest BCUT2D eigenvalue weighted by atomic mass is 9.83. The van der Waals surface area contributed by atoms with Crippen LogP contribution in [0.2, 0.25) is 0 Å². The van der Waals surface area contributed by atoms with Crippen molar-refractivity contribution in [2.24, 2.45) is 11.7 Å². The van der Waals surface area contributed by atoms with Gasteiger partial charge in [0.15, 0.2) is 0 Å². The van der Waals surface area contributed by atoms with Crippen molar-refractivity contribution in [3.8, 4) is 0 Å². The van der Waals surface area contributed by atoms with Crippen molar-refractivity contribution in [3.63, 3.8) is 0 Å².